The molecule has 0 aliphatic carbocycles. The van der Waals surface area contributed by atoms with Crippen LogP contribution in [0.4, 0.5) is 10.7 Å². The smallest absolute Gasteiger partial charge is 0.263 e. The zero-order chi connectivity index (χ0) is 15.4. The van der Waals surface area contributed by atoms with Gasteiger partial charge in [0.2, 0.25) is 0 Å². The van der Waals surface area contributed by atoms with Crippen molar-refractivity contribution in [2.24, 2.45) is 7.05 Å². The van der Waals surface area contributed by atoms with Gasteiger partial charge in [-0.25, -0.2) is 0 Å². The quantitative estimate of drug-likeness (QED) is 0.763. The van der Waals surface area contributed by atoms with Crippen LogP contribution in [0.1, 0.15) is 34.3 Å². The molecule has 0 aromatic carbocycles. The monoisotopic (exact) mass is 307 g/mol. The summed E-state index contributed by atoms with van der Waals surface area (Å²) in [4.78, 5) is 12.5. The molecule has 2 aromatic rings. The van der Waals surface area contributed by atoms with Crippen LogP contribution >= 0.6 is 11.3 Å². The molecule has 0 unspecified atom stereocenters. The van der Waals surface area contributed by atoms with E-state index < -0.39 is 0 Å². The maximum absolute atomic E-state index is 11.9. The SMILES string of the molecule is CCCNC(=O)c1sc(NCc2cn(C)nc2C)cc1N. The lowest BCUT2D eigenvalue weighted by molar-refractivity contribution is 0.0958. The van der Waals surface area contributed by atoms with E-state index in [2.05, 4.69) is 15.7 Å². The number of nitrogen functional groups attached to an aromatic ring is 1. The lowest BCUT2D eigenvalue weighted by atomic mass is 10.2. The number of nitrogens with one attached hydrogen (secondary N) is 2. The number of thiophene rings is 1. The third-order valence-electron chi connectivity index (χ3n) is 3.07. The summed E-state index contributed by atoms with van der Waals surface area (Å²) < 4.78 is 1.79. The Kier molecular flexibility index (Phi) is 4.85. The highest BCUT2D eigenvalue weighted by Gasteiger charge is 2.14. The largest absolute Gasteiger partial charge is 0.397 e. The summed E-state index contributed by atoms with van der Waals surface area (Å²) in [6.45, 7) is 5.31. The van der Waals surface area contributed by atoms with Gasteiger partial charge in [0.25, 0.3) is 5.91 Å². The summed E-state index contributed by atoms with van der Waals surface area (Å²) in [7, 11) is 1.90. The van der Waals surface area contributed by atoms with Gasteiger partial charge in [0.1, 0.15) is 4.88 Å². The normalized spacial score (nSPS) is 10.6. The molecule has 7 heteroatoms. The van der Waals surface area contributed by atoms with Crippen LogP contribution in [0.25, 0.3) is 0 Å². The van der Waals surface area contributed by atoms with Crippen molar-refractivity contribution in [3.8, 4) is 0 Å². The lowest BCUT2D eigenvalue weighted by Crippen LogP contribution is -2.23. The number of rotatable bonds is 6. The van der Waals surface area contributed by atoms with E-state index in [1.807, 2.05) is 27.1 Å². The molecule has 2 rings (SSSR count). The molecular weight excluding hydrogens is 286 g/mol. The van der Waals surface area contributed by atoms with E-state index in [0.29, 0.717) is 23.7 Å². The molecule has 0 bridgehead atoms. The fourth-order valence-electron chi connectivity index (χ4n) is 1.99. The van der Waals surface area contributed by atoms with Crippen molar-refractivity contribution in [3.63, 3.8) is 0 Å². The average molecular weight is 307 g/mol. The summed E-state index contributed by atoms with van der Waals surface area (Å²) >= 11 is 1.37. The number of nitrogens with zero attached hydrogens (tertiary/aromatic N) is 2. The van der Waals surface area contributed by atoms with E-state index in [4.69, 9.17) is 5.73 Å². The van der Waals surface area contributed by atoms with Gasteiger partial charge in [-0.3, -0.25) is 9.48 Å². The molecule has 0 aliphatic heterocycles. The standard InChI is InChI=1S/C14H21N5OS/c1-4-5-16-14(20)13-11(15)6-12(21-13)17-7-10-8-19(3)18-9(10)2/h6,8,17H,4-5,7,15H2,1-3H3,(H,16,20). The third-order valence-corrected chi connectivity index (χ3v) is 4.18. The molecule has 0 saturated heterocycles. The Hall–Kier alpha value is -2.02. The molecule has 21 heavy (non-hydrogen) atoms. The third kappa shape index (κ3) is 3.75. The molecule has 0 saturated carbocycles. The average Bonchev–Trinajstić information content (AvgIpc) is 2.96. The number of hydrogen-bond acceptors (Lipinski definition) is 5. The van der Waals surface area contributed by atoms with Gasteiger partial charge in [0, 0.05) is 31.9 Å². The van der Waals surface area contributed by atoms with Crippen molar-refractivity contribution in [1.82, 2.24) is 15.1 Å². The molecule has 0 radical (unpaired) electrons. The van der Waals surface area contributed by atoms with Crippen molar-refractivity contribution < 1.29 is 4.79 Å². The van der Waals surface area contributed by atoms with Crippen molar-refractivity contribution in [2.75, 3.05) is 17.6 Å². The van der Waals surface area contributed by atoms with Crippen LogP contribution in [-0.4, -0.2) is 22.2 Å². The number of aromatic nitrogens is 2. The van der Waals surface area contributed by atoms with Gasteiger partial charge >= 0.3 is 0 Å². The van der Waals surface area contributed by atoms with Gasteiger partial charge in [-0.2, -0.15) is 5.10 Å². The fourth-order valence-corrected chi connectivity index (χ4v) is 2.88. The Morgan fingerprint density at radius 1 is 1.52 bits per heavy atom. The Morgan fingerprint density at radius 2 is 2.29 bits per heavy atom. The van der Waals surface area contributed by atoms with Crippen molar-refractivity contribution in [3.05, 3.63) is 28.4 Å². The molecule has 6 nitrogen and oxygen atoms in total. The molecule has 0 fully saturated rings. The first-order valence-electron chi connectivity index (χ1n) is 6.91. The van der Waals surface area contributed by atoms with Gasteiger partial charge < -0.3 is 16.4 Å². The highest BCUT2D eigenvalue weighted by atomic mass is 32.1. The minimum absolute atomic E-state index is 0.107. The zero-order valence-corrected chi connectivity index (χ0v) is 13.4. The molecule has 4 N–H and O–H groups in total. The second kappa shape index (κ2) is 6.62. The van der Waals surface area contributed by atoms with Gasteiger partial charge in [0.05, 0.1) is 16.4 Å². The molecule has 2 heterocycles. The van der Waals surface area contributed by atoms with E-state index in [1.54, 1.807) is 10.7 Å². The van der Waals surface area contributed by atoms with Crippen LogP contribution in [0.5, 0.6) is 0 Å². The number of carbonyl (C=O) groups excluding carboxylic acids is 1. The van der Waals surface area contributed by atoms with Crippen molar-refractivity contribution in [2.45, 2.75) is 26.8 Å². The van der Waals surface area contributed by atoms with E-state index in [9.17, 15) is 4.79 Å². The van der Waals surface area contributed by atoms with Crippen molar-refractivity contribution in [1.29, 1.82) is 0 Å². The van der Waals surface area contributed by atoms with Gasteiger partial charge in [-0.05, 0) is 19.4 Å². The van der Waals surface area contributed by atoms with E-state index >= 15 is 0 Å². The lowest BCUT2D eigenvalue weighted by Gasteiger charge is -2.02. The van der Waals surface area contributed by atoms with E-state index in [0.717, 1.165) is 22.7 Å². The van der Waals surface area contributed by atoms with Crippen LogP contribution in [-0.2, 0) is 13.6 Å². The summed E-state index contributed by atoms with van der Waals surface area (Å²) in [5.74, 6) is -0.107. The second-order valence-electron chi connectivity index (χ2n) is 4.92. The van der Waals surface area contributed by atoms with Crippen LogP contribution < -0.4 is 16.4 Å². The number of anilines is 2. The Labute approximate surface area is 128 Å². The summed E-state index contributed by atoms with van der Waals surface area (Å²) in [5.41, 5.74) is 8.55. The number of nitrogens with two attached hydrogens (primary N) is 1. The molecule has 0 spiro atoms. The zero-order valence-electron chi connectivity index (χ0n) is 12.6. The number of amides is 1. The molecule has 2 aromatic heterocycles. The number of carbonyl (C=O) groups is 1. The summed E-state index contributed by atoms with van der Waals surface area (Å²) in [6, 6.07) is 1.80. The van der Waals surface area contributed by atoms with Crippen LogP contribution in [0.15, 0.2) is 12.3 Å². The Bertz CT molecular complexity index is 631. The van der Waals surface area contributed by atoms with Gasteiger partial charge in [-0.15, -0.1) is 11.3 Å². The highest BCUT2D eigenvalue weighted by Crippen LogP contribution is 2.29. The summed E-state index contributed by atoms with van der Waals surface area (Å²) in [5, 5.41) is 11.3. The molecule has 0 atom stereocenters. The number of hydrogen-bond donors (Lipinski definition) is 3. The van der Waals surface area contributed by atoms with Crippen LogP contribution in [0.3, 0.4) is 0 Å². The molecule has 0 aliphatic rings. The summed E-state index contributed by atoms with van der Waals surface area (Å²) in [6.07, 6.45) is 2.89. The van der Waals surface area contributed by atoms with Crippen LogP contribution in [0, 0.1) is 6.92 Å². The molecular formula is C14H21N5OS. The minimum Gasteiger partial charge on any atom is -0.397 e. The topological polar surface area (TPSA) is 85.0 Å². The highest BCUT2D eigenvalue weighted by molar-refractivity contribution is 7.18. The fraction of sp³-hybridized carbons (Fsp3) is 0.429. The van der Waals surface area contributed by atoms with Crippen molar-refractivity contribution >= 4 is 27.9 Å². The minimum atomic E-state index is -0.107. The Morgan fingerprint density at radius 3 is 2.90 bits per heavy atom. The van der Waals surface area contributed by atoms with E-state index in [-0.39, 0.29) is 5.91 Å². The first kappa shape index (κ1) is 15.4. The maximum atomic E-state index is 11.9. The molecule has 1 amide bonds. The van der Waals surface area contributed by atoms with Gasteiger partial charge in [0.15, 0.2) is 0 Å². The first-order valence-corrected chi connectivity index (χ1v) is 7.73. The molecule has 114 valence electrons. The predicted octanol–water partition coefficient (Wildman–Crippen LogP) is 2.12. The Balaban J connectivity index is 2.02. The predicted molar refractivity (Wildman–Crippen MR) is 86.6 cm³/mol. The van der Waals surface area contributed by atoms with E-state index in [1.165, 1.54) is 11.3 Å². The first-order chi connectivity index (χ1) is 10.0. The maximum Gasteiger partial charge on any atom is 0.263 e. The second-order valence-corrected chi connectivity index (χ2v) is 5.97. The number of aryl methyl sites for hydroxylation is 2. The van der Waals surface area contributed by atoms with Gasteiger partial charge in [-0.1, -0.05) is 6.92 Å². The van der Waals surface area contributed by atoms with Crippen LogP contribution in [0.2, 0.25) is 0 Å².